The largest absolute Gasteiger partial charge is 0.397 e. The van der Waals surface area contributed by atoms with Gasteiger partial charge in [-0.15, -0.1) is 0 Å². The van der Waals surface area contributed by atoms with Crippen molar-refractivity contribution in [2.75, 3.05) is 31.7 Å². The summed E-state index contributed by atoms with van der Waals surface area (Å²) in [6.45, 7) is 2.25. The maximum Gasteiger partial charge on any atom is 0.241 e. The molecule has 1 unspecified atom stereocenters. The first-order valence-corrected chi connectivity index (χ1v) is 6.99. The monoisotopic (exact) mass is 312 g/mol. The number of carbonyl (C=O) groups is 2. The van der Waals surface area contributed by atoms with Crippen molar-refractivity contribution >= 4 is 34.8 Å². The molecule has 116 valence electrons. The molecule has 2 amide bonds. The van der Waals surface area contributed by atoms with E-state index >= 15 is 0 Å². The summed E-state index contributed by atoms with van der Waals surface area (Å²) < 4.78 is 0. The van der Waals surface area contributed by atoms with Gasteiger partial charge in [0.15, 0.2) is 0 Å². The van der Waals surface area contributed by atoms with E-state index in [1.165, 1.54) is 0 Å². The highest BCUT2D eigenvalue weighted by atomic mass is 35.5. The van der Waals surface area contributed by atoms with Gasteiger partial charge in [-0.2, -0.15) is 0 Å². The van der Waals surface area contributed by atoms with Gasteiger partial charge in [-0.3, -0.25) is 14.5 Å². The molecule has 0 radical (unpaired) electrons. The van der Waals surface area contributed by atoms with Crippen LogP contribution in [0.4, 0.5) is 11.4 Å². The number of hydrogen-bond donors (Lipinski definition) is 3. The van der Waals surface area contributed by atoms with Crippen molar-refractivity contribution in [3.05, 3.63) is 23.2 Å². The number of likely N-dealkylation sites (N-methyl/N-ethyl adjacent to an activating group) is 1. The predicted octanol–water partition coefficient (Wildman–Crippen LogP) is 1.32. The number of anilines is 2. The number of nitrogens with zero attached hydrogens (tertiary/aromatic N) is 1. The summed E-state index contributed by atoms with van der Waals surface area (Å²) in [5, 5.41) is 5.79. The molecule has 0 saturated heterocycles. The van der Waals surface area contributed by atoms with Crippen molar-refractivity contribution in [2.45, 2.75) is 19.4 Å². The molecule has 0 spiro atoms. The summed E-state index contributed by atoms with van der Waals surface area (Å²) in [6.07, 6.45) is 0.337. The standard InChI is InChI=1S/C14H21ClN4O2/c1-9(19(3)7-6-13(20)17-2)14(21)18-12-8-10(15)4-5-11(12)16/h4-5,8-9H,6-7,16H2,1-3H3,(H,17,20)(H,18,21). The average Bonchev–Trinajstić information content (AvgIpc) is 2.47. The molecule has 0 bridgehead atoms. The van der Waals surface area contributed by atoms with Gasteiger partial charge in [0.05, 0.1) is 17.4 Å². The number of halogens is 1. The van der Waals surface area contributed by atoms with Gasteiger partial charge in [0.1, 0.15) is 0 Å². The second-order valence-electron chi connectivity index (χ2n) is 4.80. The molecular formula is C14H21ClN4O2. The van der Waals surface area contributed by atoms with E-state index in [4.69, 9.17) is 17.3 Å². The van der Waals surface area contributed by atoms with Crippen LogP contribution in [0.5, 0.6) is 0 Å². The molecule has 1 aromatic carbocycles. The number of benzene rings is 1. The SMILES string of the molecule is CNC(=O)CCN(C)C(C)C(=O)Nc1cc(Cl)ccc1N. The highest BCUT2D eigenvalue weighted by Crippen LogP contribution is 2.23. The summed E-state index contributed by atoms with van der Waals surface area (Å²) in [7, 11) is 3.37. The Morgan fingerprint density at radius 3 is 2.71 bits per heavy atom. The Kier molecular flexibility index (Phi) is 6.45. The molecule has 0 aromatic heterocycles. The molecule has 0 aliphatic carbocycles. The summed E-state index contributed by atoms with van der Waals surface area (Å²) in [4.78, 5) is 25.2. The number of carbonyl (C=O) groups excluding carboxylic acids is 2. The first-order valence-electron chi connectivity index (χ1n) is 6.62. The molecule has 0 aliphatic rings. The van der Waals surface area contributed by atoms with E-state index in [1.54, 1.807) is 44.1 Å². The van der Waals surface area contributed by atoms with Gasteiger partial charge in [0.2, 0.25) is 11.8 Å². The Labute approximate surface area is 129 Å². The van der Waals surface area contributed by atoms with Crippen LogP contribution in [0.15, 0.2) is 18.2 Å². The molecule has 0 fully saturated rings. The average molecular weight is 313 g/mol. The Bertz CT molecular complexity index is 522. The lowest BCUT2D eigenvalue weighted by molar-refractivity contribution is -0.123. The fourth-order valence-electron chi connectivity index (χ4n) is 1.67. The Morgan fingerprint density at radius 1 is 1.43 bits per heavy atom. The third kappa shape index (κ3) is 5.24. The molecule has 21 heavy (non-hydrogen) atoms. The van der Waals surface area contributed by atoms with E-state index in [2.05, 4.69) is 10.6 Å². The molecule has 4 N–H and O–H groups in total. The van der Waals surface area contributed by atoms with Crippen molar-refractivity contribution in [1.82, 2.24) is 10.2 Å². The number of hydrogen-bond acceptors (Lipinski definition) is 4. The molecule has 1 aromatic rings. The molecule has 0 saturated carbocycles. The highest BCUT2D eigenvalue weighted by Gasteiger charge is 2.19. The summed E-state index contributed by atoms with van der Waals surface area (Å²) in [5.74, 6) is -0.267. The van der Waals surface area contributed by atoms with Crippen molar-refractivity contribution < 1.29 is 9.59 Å². The molecule has 1 atom stereocenters. The van der Waals surface area contributed by atoms with Crippen LogP contribution in [0, 0.1) is 0 Å². The van der Waals surface area contributed by atoms with E-state index in [0.717, 1.165) is 0 Å². The van der Waals surface area contributed by atoms with E-state index in [0.29, 0.717) is 29.4 Å². The van der Waals surface area contributed by atoms with Crippen LogP contribution in [0.2, 0.25) is 5.02 Å². The van der Waals surface area contributed by atoms with Gasteiger partial charge in [0, 0.05) is 25.0 Å². The van der Waals surface area contributed by atoms with Crippen LogP contribution >= 0.6 is 11.6 Å². The number of nitrogen functional groups attached to an aromatic ring is 1. The lowest BCUT2D eigenvalue weighted by Gasteiger charge is -2.23. The second kappa shape index (κ2) is 7.85. The molecule has 7 heteroatoms. The van der Waals surface area contributed by atoms with Crippen molar-refractivity contribution in [3.8, 4) is 0 Å². The Morgan fingerprint density at radius 2 is 2.10 bits per heavy atom. The fourth-order valence-corrected chi connectivity index (χ4v) is 1.84. The van der Waals surface area contributed by atoms with Crippen molar-refractivity contribution in [2.24, 2.45) is 0 Å². The van der Waals surface area contributed by atoms with Crippen LogP contribution in [0.1, 0.15) is 13.3 Å². The zero-order chi connectivity index (χ0) is 16.0. The molecular weight excluding hydrogens is 292 g/mol. The Balaban J connectivity index is 2.61. The fraction of sp³-hybridized carbons (Fsp3) is 0.429. The van der Waals surface area contributed by atoms with Crippen LogP contribution < -0.4 is 16.4 Å². The van der Waals surface area contributed by atoms with E-state index < -0.39 is 6.04 Å². The predicted molar refractivity (Wildman–Crippen MR) is 85.3 cm³/mol. The zero-order valence-corrected chi connectivity index (χ0v) is 13.2. The lowest BCUT2D eigenvalue weighted by Crippen LogP contribution is -2.41. The first-order chi connectivity index (χ1) is 9.85. The van der Waals surface area contributed by atoms with Crippen molar-refractivity contribution in [1.29, 1.82) is 0 Å². The van der Waals surface area contributed by atoms with Gasteiger partial charge < -0.3 is 16.4 Å². The quantitative estimate of drug-likeness (QED) is 0.691. The third-order valence-electron chi connectivity index (χ3n) is 3.28. The minimum absolute atomic E-state index is 0.0615. The van der Waals surface area contributed by atoms with Gasteiger partial charge in [-0.05, 0) is 32.2 Å². The first kappa shape index (κ1) is 17.3. The molecule has 1 rings (SSSR count). The van der Waals surface area contributed by atoms with E-state index in [9.17, 15) is 9.59 Å². The van der Waals surface area contributed by atoms with Gasteiger partial charge in [0.25, 0.3) is 0 Å². The maximum absolute atomic E-state index is 12.2. The summed E-state index contributed by atoms with van der Waals surface area (Å²) in [6, 6.07) is 4.50. The molecule has 0 heterocycles. The van der Waals surface area contributed by atoms with Crippen LogP contribution in [-0.2, 0) is 9.59 Å². The minimum atomic E-state index is -0.395. The van der Waals surface area contributed by atoms with Crippen LogP contribution in [0.3, 0.4) is 0 Å². The maximum atomic E-state index is 12.2. The van der Waals surface area contributed by atoms with E-state index in [1.807, 2.05) is 0 Å². The molecule has 6 nitrogen and oxygen atoms in total. The van der Waals surface area contributed by atoms with E-state index in [-0.39, 0.29) is 11.8 Å². The topological polar surface area (TPSA) is 87.5 Å². The number of nitrogens with one attached hydrogen (secondary N) is 2. The third-order valence-corrected chi connectivity index (χ3v) is 3.52. The zero-order valence-electron chi connectivity index (χ0n) is 12.4. The second-order valence-corrected chi connectivity index (χ2v) is 5.24. The van der Waals surface area contributed by atoms with Gasteiger partial charge in [-0.1, -0.05) is 11.6 Å². The summed E-state index contributed by atoms with van der Waals surface area (Å²) >= 11 is 5.88. The van der Waals surface area contributed by atoms with Crippen molar-refractivity contribution in [3.63, 3.8) is 0 Å². The van der Waals surface area contributed by atoms with Gasteiger partial charge in [-0.25, -0.2) is 0 Å². The summed E-state index contributed by atoms with van der Waals surface area (Å²) in [5.41, 5.74) is 6.73. The lowest BCUT2D eigenvalue weighted by atomic mass is 10.2. The van der Waals surface area contributed by atoms with Crippen LogP contribution in [0.25, 0.3) is 0 Å². The molecule has 0 aliphatic heterocycles. The number of rotatable bonds is 6. The number of amides is 2. The highest BCUT2D eigenvalue weighted by molar-refractivity contribution is 6.31. The Hall–Kier alpha value is -1.79. The minimum Gasteiger partial charge on any atom is -0.397 e. The smallest absolute Gasteiger partial charge is 0.241 e. The normalized spacial score (nSPS) is 12.0. The number of nitrogens with two attached hydrogens (primary N) is 1. The van der Waals surface area contributed by atoms with Gasteiger partial charge >= 0.3 is 0 Å². The van der Waals surface area contributed by atoms with Crippen LogP contribution in [-0.4, -0.2) is 43.4 Å².